The first-order valence-corrected chi connectivity index (χ1v) is 7.39. The summed E-state index contributed by atoms with van der Waals surface area (Å²) in [5.41, 5.74) is 0. The Labute approximate surface area is 108 Å². The molecule has 1 saturated carbocycles. The minimum atomic E-state index is 0.527. The van der Waals surface area contributed by atoms with E-state index in [1.807, 2.05) is 6.07 Å². The molecule has 1 N–H and O–H groups in total. The third-order valence-electron chi connectivity index (χ3n) is 3.15. The molecule has 0 saturated heterocycles. The highest BCUT2D eigenvalue weighted by Crippen LogP contribution is 2.20. The van der Waals surface area contributed by atoms with E-state index in [1.165, 1.54) is 32.1 Å². The van der Waals surface area contributed by atoms with Crippen LogP contribution in [0.5, 0.6) is 0 Å². The quantitative estimate of drug-likeness (QED) is 0.645. The Morgan fingerprint density at radius 3 is 2.71 bits per heavy atom. The largest absolute Gasteiger partial charge is 0.313 e. The highest BCUT2D eigenvalue weighted by atomic mass is 32.2. The van der Waals surface area contributed by atoms with Crippen LogP contribution in [0.1, 0.15) is 39.0 Å². The Kier molecular flexibility index (Phi) is 5.26. The van der Waals surface area contributed by atoms with Crippen LogP contribution in [0, 0.1) is 0 Å². The van der Waals surface area contributed by atoms with E-state index in [0.717, 1.165) is 17.7 Å². The molecule has 4 heteroatoms. The van der Waals surface area contributed by atoms with Crippen molar-refractivity contribution in [1.29, 1.82) is 0 Å². The first kappa shape index (κ1) is 12.8. The zero-order valence-corrected chi connectivity index (χ0v) is 11.2. The molecule has 1 unspecified atom stereocenters. The predicted octanol–water partition coefficient (Wildman–Crippen LogP) is 2.88. The van der Waals surface area contributed by atoms with Crippen LogP contribution < -0.4 is 5.32 Å². The molecule has 1 aliphatic carbocycles. The summed E-state index contributed by atoms with van der Waals surface area (Å²) in [5.74, 6) is 0. The number of thioether (sulfide) groups is 1. The van der Waals surface area contributed by atoms with Crippen molar-refractivity contribution in [2.24, 2.45) is 0 Å². The molecule has 0 aliphatic heterocycles. The van der Waals surface area contributed by atoms with E-state index in [9.17, 15) is 0 Å². The Hall–Kier alpha value is -0.610. The third-order valence-corrected chi connectivity index (χ3v) is 4.14. The number of nitrogens with one attached hydrogen (secondary N) is 1. The van der Waals surface area contributed by atoms with Gasteiger partial charge in [-0.15, -0.1) is 0 Å². The van der Waals surface area contributed by atoms with Crippen molar-refractivity contribution in [3.05, 3.63) is 18.5 Å². The van der Waals surface area contributed by atoms with Gasteiger partial charge in [0.1, 0.15) is 0 Å². The van der Waals surface area contributed by atoms with Gasteiger partial charge in [0.15, 0.2) is 5.16 Å². The molecule has 1 aliphatic rings. The van der Waals surface area contributed by atoms with Gasteiger partial charge in [-0.25, -0.2) is 9.97 Å². The van der Waals surface area contributed by atoms with Gasteiger partial charge in [-0.2, -0.15) is 0 Å². The minimum absolute atomic E-state index is 0.527. The number of nitrogens with zero attached hydrogens (tertiary/aromatic N) is 2. The summed E-state index contributed by atoms with van der Waals surface area (Å²) in [6, 6.07) is 2.60. The number of aromatic nitrogens is 2. The van der Waals surface area contributed by atoms with E-state index in [2.05, 4.69) is 22.2 Å². The van der Waals surface area contributed by atoms with Crippen molar-refractivity contribution in [3.8, 4) is 0 Å². The van der Waals surface area contributed by atoms with Crippen LogP contribution in [0.2, 0.25) is 0 Å². The van der Waals surface area contributed by atoms with Crippen LogP contribution >= 0.6 is 11.8 Å². The smallest absolute Gasteiger partial charge is 0.187 e. The topological polar surface area (TPSA) is 37.8 Å². The van der Waals surface area contributed by atoms with Gasteiger partial charge < -0.3 is 5.32 Å². The predicted molar refractivity (Wildman–Crippen MR) is 72.2 cm³/mol. The second kappa shape index (κ2) is 6.97. The van der Waals surface area contributed by atoms with Crippen LogP contribution in [0.15, 0.2) is 23.6 Å². The molecule has 0 aromatic carbocycles. The molecular weight excluding hydrogens is 230 g/mol. The van der Waals surface area contributed by atoms with Gasteiger partial charge in [-0.05, 0) is 18.9 Å². The minimum Gasteiger partial charge on any atom is -0.313 e. The van der Waals surface area contributed by atoms with Gasteiger partial charge in [0.25, 0.3) is 0 Å². The van der Waals surface area contributed by atoms with Gasteiger partial charge in [0.05, 0.1) is 0 Å². The van der Waals surface area contributed by atoms with Gasteiger partial charge in [0.2, 0.25) is 0 Å². The van der Waals surface area contributed by atoms with Crippen molar-refractivity contribution in [1.82, 2.24) is 15.3 Å². The van der Waals surface area contributed by atoms with Crippen LogP contribution in [-0.2, 0) is 0 Å². The van der Waals surface area contributed by atoms with Gasteiger partial charge >= 0.3 is 0 Å². The molecule has 1 atom stereocenters. The highest BCUT2D eigenvalue weighted by Gasteiger charge is 2.14. The van der Waals surface area contributed by atoms with E-state index in [0.29, 0.717) is 5.25 Å². The zero-order valence-electron chi connectivity index (χ0n) is 10.4. The lowest BCUT2D eigenvalue weighted by Crippen LogP contribution is -2.35. The van der Waals surface area contributed by atoms with E-state index in [1.54, 1.807) is 24.2 Å². The van der Waals surface area contributed by atoms with Crippen LogP contribution in [0.3, 0.4) is 0 Å². The number of rotatable bonds is 5. The van der Waals surface area contributed by atoms with Crippen molar-refractivity contribution >= 4 is 11.8 Å². The van der Waals surface area contributed by atoms with Crippen LogP contribution in [-0.4, -0.2) is 27.8 Å². The number of hydrogen-bond donors (Lipinski definition) is 1. The molecule has 1 aromatic heterocycles. The van der Waals surface area contributed by atoms with Crippen molar-refractivity contribution in [3.63, 3.8) is 0 Å². The summed E-state index contributed by atoms with van der Waals surface area (Å²) in [4.78, 5) is 8.48. The molecule has 17 heavy (non-hydrogen) atoms. The second-order valence-electron chi connectivity index (χ2n) is 4.70. The highest BCUT2D eigenvalue weighted by molar-refractivity contribution is 7.99. The van der Waals surface area contributed by atoms with E-state index >= 15 is 0 Å². The standard InChI is InChI=1S/C13H21N3S/c1-11(17-13-14-8-5-9-15-13)10-16-12-6-3-2-4-7-12/h5,8-9,11-12,16H,2-4,6-7,10H2,1H3. The first-order chi connectivity index (χ1) is 8.34. The summed E-state index contributed by atoms with van der Waals surface area (Å²) < 4.78 is 0. The average Bonchev–Trinajstić information content (AvgIpc) is 2.39. The second-order valence-corrected chi connectivity index (χ2v) is 6.11. The van der Waals surface area contributed by atoms with Gasteiger partial charge in [-0.1, -0.05) is 37.9 Å². The third kappa shape index (κ3) is 4.64. The molecule has 3 nitrogen and oxygen atoms in total. The Morgan fingerprint density at radius 1 is 1.29 bits per heavy atom. The Bertz CT molecular complexity index is 312. The summed E-state index contributed by atoms with van der Waals surface area (Å²) in [6.45, 7) is 3.28. The summed E-state index contributed by atoms with van der Waals surface area (Å²) in [5, 5.41) is 5.07. The maximum absolute atomic E-state index is 4.24. The molecule has 0 spiro atoms. The lowest BCUT2D eigenvalue weighted by molar-refractivity contribution is 0.375. The maximum Gasteiger partial charge on any atom is 0.187 e. The van der Waals surface area contributed by atoms with Crippen LogP contribution in [0.4, 0.5) is 0 Å². The maximum atomic E-state index is 4.24. The zero-order chi connectivity index (χ0) is 11.9. The SMILES string of the molecule is CC(CNC1CCCCC1)Sc1ncccn1. The van der Waals surface area contributed by atoms with Gasteiger partial charge in [-0.3, -0.25) is 0 Å². The first-order valence-electron chi connectivity index (χ1n) is 6.51. The monoisotopic (exact) mass is 251 g/mol. The molecule has 0 bridgehead atoms. The fraction of sp³-hybridized carbons (Fsp3) is 0.692. The molecule has 1 aromatic rings. The van der Waals surface area contributed by atoms with Gasteiger partial charge in [0, 0.05) is 30.2 Å². The van der Waals surface area contributed by atoms with E-state index in [4.69, 9.17) is 0 Å². The molecule has 2 rings (SSSR count). The fourth-order valence-corrected chi connectivity index (χ4v) is 2.99. The lowest BCUT2D eigenvalue weighted by atomic mass is 9.95. The Morgan fingerprint density at radius 2 is 2.00 bits per heavy atom. The molecule has 0 radical (unpaired) electrons. The summed E-state index contributed by atoms with van der Waals surface area (Å²) >= 11 is 1.75. The molecular formula is C13H21N3S. The van der Waals surface area contributed by atoms with Crippen molar-refractivity contribution in [2.75, 3.05) is 6.54 Å². The fourth-order valence-electron chi connectivity index (χ4n) is 2.21. The van der Waals surface area contributed by atoms with Crippen LogP contribution in [0.25, 0.3) is 0 Å². The molecule has 1 fully saturated rings. The lowest BCUT2D eigenvalue weighted by Gasteiger charge is -2.24. The van der Waals surface area contributed by atoms with E-state index < -0.39 is 0 Å². The molecule has 94 valence electrons. The van der Waals surface area contributed by atoms with Crippen molar-refractivity contribution in [2.45, 2.75) is 55.5 Å². The number of hydrogen-bond acceptors (Lipinski definition) is 4. The van der Waals surface area contributed by atoms with Crippen molar-refractivity contribution < 1.29 is 0 Å². The Balaban J connectivity index is 1.68. The normalized spacial score (nSPS) is 19.1. The summed E-state index contributed by atoms with van der Waals surface area (Å²) in [7, 11) is 0. The summed E-state index contributed by atoms with van der Waals surface area (Å²) in [6.07, 6.45) is 10.5. The molecule has 0 amide bonds. The van der Waals surface area contributed by atoms with E-state index in [-0.39, 0.29) is 0 Å². The average molecular weight is 251 g/mol. The molecule has 1 heterocycles.